The summed E-state index contributed by atoms with van der Waals surface area (Å²) in [5.74, 6) is 0.00446. The molecule has 0 bridgehead atoms. The predicted octanol–water partition coefficient (Wildman–Crippen LogP) is 3.41. The minimum atomic E-state index is -0.956. The Morgan fingerprint density at radius 2 is 1.44 bits per heavy atom. The second-order valence-electron chi connectivity index (χ2n) is 16.0. The van der Waals surface area contributed by atoms with Gasteiger partial charge in [0.1, 0.15) is 0 Å². The molecule has 13 atom stereocenters. The van der Waals surface area contributed by atoms with E-state index in [1.165, 1.54) is 0 Å². The van der Waals surface area contributed by atoms with Crippen LogP contribution in [0.1, 0.15) is 99.8 Å². The molecule has 0 aromatic carbocycles. The molecule has 6 rings (SSSR count). The molecule has 6 heteroatoms. The van der Waals surface area contributed by atoms with Gasteiger partial charge in [-0.1, -0.05) is 27.7 Å². The van der Waals surface area contributed by atoms with Crippen LogP contribution >= 0.6 is 0 Å². The molecule has 6 aliphatic rings. The molecule has 5 N–H and O–H groups in total. The van der Waals surface area contributed by atoms with Crippen molar-refractivity contribution in [2.45, 2.75) is 142 Å². The Balaban J connectivity index is 1.40. The van der Waals surface area contributed by atoms with E-state index in [1.54, 1.807) is 13.8 Å². The molecule has 5 saturated carbocycles. The van der Waals surface area contributed by atoms with Crippen molar-refractivity contribution in [2.24, 2.45) is 44.8 Å². The highest BCUT2D eigenvalue weighted by molar-refractivity contribution is 5.34. The summed E-state index contributed by atoms with van der Waals surface area (Å²) in [6.07, 6.45) is 3.77. The minimum absolute atomic E-state index is 0.0355. The fourth-order valence-electron chi connectivity index (χ4n) is 12.2. The van der Waals surface area contributed by atoms with E-state index in [1.807, 2.05) is 0 Å². The van der Waals surface area contributed by atoms with Crippen molar-refractivity contribution in [2.75, 3.05) is 0 Å². The van der Waals surface area contributed by atoms with Crippen LogP contribution in [0, 0.1) is 44.8 Å². The number of aliphatic hydroxyl groups excluding tert-OH is 4. The van der Waals surface area contributed by atoms with Crippen molar-refractivity contribution in [1.82, 2.24) is 0 Å². The fraction of sp³-hybridized carbons (Fsp3) is 1.00. The quantitative estimate of drug-likeness (QED) is 0.393. The second-order valence-corrected chi connectivity index (χ2v) is 16.0. The number of rotatable bonds is 2. The van der Waals surface area contributed by atoms with Gasteiger partial charge in [-0.3, -0.25) is 0 Å². The van der Waals surface area contributed by atoms with Crippen LogP contribution < -0.4 is 0 Å². The number of ether oxygens (including phenoxy) is 1. The normalized spacial score (nSPS) is 61.7. The zero-order valence-electron chi connectivity index (χ0n) is 23.4. The number of fused-ring (bicyclic) bond motifs is 2. The molecule has 5 aliphatic carbocycles. The highest BCUT2D eigenvalue weighted by atomic mass is 16.5. The van der Waals surface area contributed by atoms with Crippen LogP contribution in [0.15, 0.2) is 0 Å². The Kier molecular flexibility index (Phi) is 5.12. The first-order chi connectivity index (χ1) is 16.4. The molecule has 1 saturated heterocycles. The Morgan fingerprint density at radius 3 is 2.06 bits per heavy atom. The van der Waals surface area contributed by atoms with Gasteiger partial charge in [0.25, 0.3) is 0 Å². The van der Waals surface area contributed by atoms with Gasteiger partial charge in [-0.15, -0.1) is 0 Å². The van der Waals surface area contributed by atoms with Gasteiger partial charge in [0.15, 0.2) is 0 Å². The SMILES string of the molecule is CC(C)(O)[C@@H]1CC[C@](C)([C@H]2[C@@H](O)C[C@@]3(C)C4C[C@H](O)C5C(C)(C)[C@@H](O)CC[C@@]56C[C@@]46C[C@H](O)[C@]23C)O1. The van der Waals surface area contributed by atoms with Crippen LogP contribution in [0.3, 0.4) is 0 Å². The van der Waals surface area contributed by atoms with Gasteiger partial charge in [-0.2, -0.15) is 0 Å². The molecule has 206 valence electrons. The van der Waals surface area contributed by atoms with Gasteiger partial charge in [0, 0.05) is 11.3 Å². The maximum absolute atomic E-state index is 12.1. The third-order valence-corrected chi connectivity index (χ3v) is 13.8. The van der Waals surface area contributed by atoms with Crippen LogP contribution in [0.4, 0.5) is 0 Å². The summed E-state index contributed by atoms with van der Waals surface area (Å²) < 4.78 is 6.59. The van der Waals surface area contributed by atoms with Gasteiger partial charge >= 0.3 is 0 Å². The lowest BCUT2D eigenvalue weighted by Gasteiger charge is -2.65. The number of hydrogen-bond acceptors (Lipinski definition) is 6. The molecule has 6 fully saturated rings. The largest absolute Gasteiger partial charge is 0.393 e. The fourth-order valence-corrected chi connectivity index (χ4v) is 12.2. The van der Waals surface area contributed by atoms with E-state index in [9.17, 15) is 25.5 Å². The monoisotopic (exact) mass is 506 g/mol. The van der Waals surface area contributed by atoms with Crippen LogP contribution in [0.25, 0.3) is 0 Å². The molecule has 0 aromatic rings. The van der Waals surface area contributed by atoms with E-state index in [0.29, 0.717) is 19.3 Å². The lowest BCUT2D eigenvalue weighted by molar-refractivity contribution is -0.244. The van der Waals surface area contributed by atoms with E-state index in [4.69, 9.17) is 4.74 Å². The van der Waals surface area contributed by atoms with Crippen molar-refractivity contribution in [3.05, 3.63) is 0 Å². The van der Waals surface area contributed by atoms with Gasteiger partial charge in [-0.05, 0) is 106 Å². The first kappa shape index (κ1) is 26.0. The Bertz CT molecular complexity index is 944. The standard InChI is InChI=1S/C30H50O6/c1-24(2)19(33)8-11-29-15-30(29)14-20(34)28(7)23(27(6)10-9-21(36-27)25(3,4)35)17(32)13-26(28,5)18(30)12-16(31)22(24)29/h16-23,31-35H,8-15H2,1-7H3/t16-,17-,18?,19-,20-,21-,22?,23+,26-,27+,28+,29+,30-/m0/s1. The summed E-state index contributed by atoms with van der Waals surface area (Å²) in [6, 6.07) is 0. The summed E-state index contributed by atoms with van der Waals surface area (Å²) in [5.41, 5.74) is -2.92. The Labute approximate surface area is 216 Å². The molecule has 0 radical (unpaired) electrons. The van der Waals surface area contributed by atoms with E-state index in [0.717, 1.165) is 32.1 Å². The van der Waals surface area contributed by atoms with Gasteiger partial charge < -0.3 is 30.3 Å². The minimum Gasteiger partial charge on any atom is -0.393 e. The average molecular weight is 507 g/mol. The summed E-state index contributed by atoms with van der Waals surface area (Å²) >= 11 is 0. The van der Waals surface area contributed by atoms with Crippen molar-refractivity contribution < 1.29 is 30.3 Å². The zero-order chi connectivity index (χ0) is 26.5. The Morgan fingerprint density at radius 1 is 0.778 bits per heavy atom. The molecule has 1 aliphatic heterocycles. The molecule has 2 spiro atoms. The second kappa shape index (κ2) is 7.09. The van der Waals surface area contributed by atoms with Gasteiger partial charge in [-0.25, -0.2) is 0 Å². The molecule has 0 amide bonds. The lowest BCUT2D eigenvalue weighted by atomic mass is 9.40. The van der Waals surface area contributed by atoms with Crippen molar-refractivity contribution in [1.29, 1.82) is 0 Å². The first-order valence-electron chi connectivity index (χ1n) is 14.5. The Hall–Kier alpha value is -0.240. The van der Waals surface area contributed by atoms with Crippen molar-refractivity contribution in [3.63, 3.8) is 0 Å². The average Bonchev–Trinajstić information content (AvgIpc) is 3.06. The third kappa shape index (κ3) is 2.75. The molecule has 2 unspecified atom stereocenters. The molecule has 0 aromatic heterocycles. The highest BCUT2D eigenvalue weighted by Crippen LogP contribution is 2.89. The zero-order valence-corrected chi connectivity index (χ0v) is 23.4. The number of aliphatic hydroxyl groups is 5. The van der Waals surface area contributed by atoms with Crippen molar-refractivity contribution in [3.8, 4) is 0 Å². The highest BCUT2D eigenvalue weighted by Gasteiger charge is 2.86. The van der Waals surface area contributed by atoms with Crippen LogP contribution in [0.2, 0.25) is 0 Å². The van der Waals surface area contributed by atoms with Gasteiger partial charge in [0.2, 0.25) is 0 Å². The summed E-state index contributed by atoms with van der Waals surface area (Å²) in [4.78, 5) is 0. The van der Waals surface area contributed by atoms with Crippen LogP contribution in [-0.4, -0.2) is 67.3 Å². The van der Waals surface area contributed by atoms with E-state index in [-0.39, 0.29) is 45.5 Å². The molecular formula is C30H50O6. The van der Waals surface area contributed by atoms with E-state index < -0.39 is 41.0 Å². The first-order valence-corrected chi connectivity index (χ1v) is 14.5. The maximum Gasteiger partial charge on any atom is 0.0865 e. The van der Waals surface area contributed by atoms with E-state index >= 15 is 0 Å². The van der Waals surface area contributed by atoms with E-state index in [2.05, 4.69) is 34.6 Å². The third-order valence-electron chi connectivity index (χ3n) is 13.8. The topological polar surface area (TPSA) is 110 Å². The predicted molar refractivity (Wildman–Crippen MR) is 136 cm³/mol. The molecule has 36 heavy (non-hydrogen) atoms. The number of hydrogen-bond donors (Lipinski definition) is 5. The molecule has 6 nitrogen and oxygen atoms in total. The molecule has 1 heterocycles. The van der Waals surface area contributed by atoms with Crippen LogP contribution in [0.5, 0.6) is 0 Å². The smallest absolute Gasteiger partial charge is 0.0865 e. The summed E-state index contributed by atoms with van der Waals surface area (Å²) in [6.45, 7) is 14.4. The van der Waals surface area contributed by atoms with Gasteiger partial charge in [0.05, 0.1) is 41.7 Å². The van der Waals surface area contributed by atoms with Crippen LogP contribution in [-0.2, 0) is 4.74 Å². The molecular weight excluding hydrogens is 456 g/mol. The lowest BCUT2D eigenvalue weighted by Crippen LogP contribution is -2.66. The summed E-state index contributed by atoms with van der Waals surface area (Å²) in [7, 11) is 0. The van der Waals surface area contributed by atoms with Crippen molar-refractivity contribution >= 4 is 0 Å². The maximum atomic E-state index is 12.1. The summed E-state index contributed by atoms with van der Waals surface area (Å²) in [5, 5.41) is 57.1.